The van der Waals surface area contributed by atoms with Gasteiger partial charge in [-0.05, 0) is 30.4 Å². The Bertz CT molecular complexity index is 591. The minimum absolute atomic E-state index is 0.0510. The summed E-state index contributed by atoms with van der Waals surface area (Å²) < 4.78 is 0. The summed E-state index contributed by atoms with van der Waals surface area (Å²) in [6.45, 7) is 1.58. The highest BCUT2D eigenvalue weighted by molar-refractivity contribution is 5.84. The number of guanidine groups is 1. The number of hydrogen-bond acceptors (Lipinski definition) is 2. The molecule has 24 heavy (non-hydrogen) atoms. The van der Waals surface area contributed by atoms with Gasteiger partial charge in [0.05, 0.1) is 0 Å². The van der Waals surface area contributed by atoms with E-state index in [1.54, 1.807) is 0 Å². The summed E-state index contributed by atoms with van der Waals surface area (Å²) in [6, 6.07) is 8.73. The first-order valence-corrected chi connectivity index (χ1v) is 9.13. The highest BCUT2D eigenvalue weighted by atomic mass is 16.2. The topological polar surface area (TPSA) is 70.7 Å². The molecule has 1 saturated carbocycles. The van der Waals surface area contributed by atoms with Gasteiger partial charge in [-0.15, -0.1) is 0 Å². The zero-order valence-corrected chi connectivity index (χ0v) is 14.3. The van der Waals surface area contributed by atoms with Crippen molar-refractivity contribution in [2.75, 3.05) is 13.1 Å². The zero-order chi connectivity index (χ0) is 16.8. The van der Waals surface area contributed by atoms with E-state index in [0.29, 0.717) is 18.5 Å². The highest BCUT2D eigenvalue weighted by Gasteiger charge is 2.20. The number of hydrogen-bond donors (Lipinski definition) is 2. The molecule has 1 amide bonds. The number of rotatable bonds is 3. The fraction of sp³-hybridized carbons (Fsp3) is 0.579. The molecule has 130 valence electrons. The lowest BCUT2D eigenvalue weighted by molar-refractivity contribution is -0.130. The Kier molecular flexibility index (Phi) is 5.72. The van der Waals surface area contributed by atoms with Crippen LogP contribution >= 0.6 is 0 Å². The van der Waals surface area contributed by atoms with Crippen LogP contribution in [-0.4, -0.2) is 35.9 Å². The molecule has 5 nitrogen and oxygen atoms in total. The van der Waals surface area contributed by atoms with Crippen LogP contribution in [-0.2, 0) is 17.8 Å². The molecular formula is C19H28N4O. The maximum absolute atomic E-state index is 12.4. The fourth-order valence-electron chi connectivity index (χ4n) is 3.64. The van der Waals surface area contributed by atoms with Gasteiger partial charge in [0, 0.05) is 19.1 Å². The van der Waals surface area contributed by atoms with Crippen molar-refractivity contribution in [3.8, 4) is 0 Å². The Morgan fingerprint density at radius 3 is 2.62 bits per heavy atom. The number of benzene rings is 1. The second-order valence-electron chi connectivity index (χ2n) is 6.87. The average molecular weight is 328 g/mol. The predicted octanol–water partition coefficient (Wildman–Crippen LogP) is 2.20. The largest absolute Gasteiger partial charge is 0.370 e. The molecule has 2 aliphatic rings. The molecule has 0 saturated heterocycles. The number of nitrogens with one attached hydrogen (secondary N) is 1. The van der Waals surface area contributed by atoms with Crippen LogP contribution in [0, 0.1) is 0 Å². The van der Waals surface area contributed by atoms with Gasteiger partial charge in [-0.1, -0.05) is 49.9 Å². The van der Waals surface area contributed by atoms with Crippen LogP contribution in [0.15, 0.2) is 29.3 Å². The summed E-state index contributed by atoms with van der Waals surface area (Å²) >= 11 is 0. The monoisotopic (exact) mass is 328 g/mol. The highest BCUT2D eigenvalue weighted by Crippen LogP contribution is 2.19. The zero-order valence-electron chi connectivity index (χ0n) is 14.3. The first-order valence-electron chi connectivity index (χ1n) is 9.13. The Morgan fingerprint density at radius 2 is 1.88 bits per heavy atom. The molecule has 0 unspecified atom stereocenters. The molecule has 0 spiro atoms. The van der Waals surface area contributed by atoms with Crippen LogP contribution in [0.4, 0.5) is 0 Å². The van der Waals surface area contributed by atoms with Crippen molar-refractivity contribution < 1.29 is 4.79 Å². The molecule has 0 aromatic heterocycles. The van der Waals surface area contributed by atoms with Crippen molar-refractivity contribution in [3.05, 3.63) is 35.4 Å². The van der Waals surface area contributed by atoms with E-state index in [2.05, 4.69) is 28.5 Å². The molecule has 0 atom stereocenters. The van der Waals surface area contributed by atoms with Crippen molar-refractivity contribution in [2.45, 2.75) is 57.5 Å². The molecule has 5 heteroatoms. The third-order valence-corrected chi connectivity index (χ3v) is 5.08. The van der Waals surface area contributed by atoms with Crippen molar-refractivity contribution >= 4 is 11.9 Å². The van der Waals surface area contributed by atoms with E-state index in [1.165, 1.54) is 36.8 Å². The Morgan fingerprint density at radius 1 is 1.17 bits per heavy atom. The Labute approximate surface area is 144 Å². The number of fused-ring (bicyclic) bond motifs is 1. The van der Waals surface area contributed by atoms with Gasteiger partial charge in [-0.25, -0.2) is 4.99 Å². The molecule has 1 fully saturated rings. The van der Waals surface area contributed by atoms with Crippen LogP contribution in [0.2, 0.25) is 0 Å². The fourth-order valence-corrected chi connectivity index (χ4v) is 3.64. The molecule has 0 bridgehead atoms. The lowest BCUT2D eigenvalue weighted by Gasteiger charge is -2.28. The van der Waals surface area contributed by atoms with Crippen molar-refractivity contribution in [1.82, 2.24) is 10.2 Å². The van der Waals surface area contributed by atoms with E-state index in [-0.39, 0.29) is 12.5 Å². The first-order chi connectivity index (χ1) is 11.7. The van der Waals surface area contributed by atoms with Crippen LogP contribution in [0.1, 0.15) is 49.7 Å². The summed E-state index contributed by atoms with van der Waals surface area (Å²) in [7, 11) is 0. The standard InChI is InChI=1S/C19H28N4O/c20-19(22-17-9-3-1-2-4-10-17)21-13-18(24)23-12-11-15-7-5-6-8-16(15)14-23/h5-8,17H,1-4,9-14H2,(H3,20,21,22). The first kappa shape index (κ1) is 16.8. The van der Waals surface area contributed by atoms with Gasteiger partial charge in [0.1, 0.15) is 6.54 Å². The lowest BCUT2D eigenvalue weighted by Crippen LogP contribution is -2.41. The minimum atomic E-state index is 0.0510. The van der Waals surface area contributed by atoms with Gasteiger partial charge in [0.15, 0.2) is 5.96 Å². The predicted molar refractivity (Wildman–Crippen MR) is 96.7 cm³/mol. The molecule has 1 aromatic carbocycles. The van der Waals surface area contributed by atoms with Gasteiger partial charge in [0.2, 0.25) is 5.91 Å². The average Bonchev–Trinajstić information content (AvgIpc) is 2.88. The molecule has 0 radical (unpaired) electrons. The normalized spacial score (nSPS) is 19.5. The number of carbonyl (C=O) groups is 1. The lowest BCUT2D eigenvalue weighted by atomic mass is 10.00. The third kappa shape index (κ3) is 4.49. The quantitative estimate of drug-likeness (QED) is 0.508. The van der Waals surface area contributed by atoms with Gasteiger partial charge >= 0.3 is 0 Å². The van der Waals surface area contributed by atoms with Gasteiger partial charge < -0.3 is 16.0 Å². The van der Waals surface area contributed by atoms with Crippen LogP contribution < -0.4 is 11.1 Å². The molecular weight excluding hydrogens is 300 g/mol. The molecule has 1 aliphatic carbocycles. The number of nitrogens with zero attached hydrogens (tertiary/aromatic N) is 2. The third-order valence-electron chi connectivity index (χ3n) is 5.08. The van der Waals surface area contributed by atoms with E-state index < -0.39 is 0 Å². The summed E-state index contributed by atoms with van der Waals surface area (Å²) in [4.78, 5) is 18.5. The molecule has 3 rings (SSSR count). The van der Waals surface area contributed by atoms with Crippen LogP contribution in [0.5, 0.6) is 0 Å². The number of aliphatic imine (C=N–C) groups is 1. The maximum atomic E-state index is 12.4. The Balaban J connectivity index is 1.49. The molecule has 3 N–H and O–H groups in total. The van der Waals surface area contributed by atoms with E-state index >= 15 is 0 Å². The van der Waals surface area contributed by atoms with Gasteiger partial charge in [-0.3, -0.25) is 4.79 Å². The Hall–Kier alpha value is -2.04. The van der Waals surface area contributed by atoms with Crippen molar-refractivity contribution in [1.29, 1.82) is 0 Å². The van der Waals surface area contributed by atoms with E-state index in [4.69, 9.17) is 5.73 Å². The van der Waals surface area contributed by atoms with E-state index in [0.717, 1.165) is 25.8 Å². The number of amides is 1. The number of carbonyl (C=O) groups excluding carboxylic acids is 1. The summed E-state index contributed by atoms with van der Waals surface area (Å²) in [5.74, 6) is 0.461. The SMILES string of the molecule is NC(=NCC(=O)N1CCc2ccccc2C1)NC1CCCCCC1. The van der Waals surface area contributed by atoms with Gasteiger partial charge in [0.25, 0.3) is 0 Å². The minimum Gasteiger partial charge on any atom is -0.370 e. The smallest absolute Gasteiger partial charge is 0.244 e. The van der Waals surface area contributed by atoms with Crippen molar-refractivity contribution in [2.24, 2.45) is 10.7 Å². The summed E-state index contributed by atoms with van der Waals surface area (Å²) in [5, 5.41) is 3.29. The molecule has 1 heterocycles. The van der Waals surface area contributed by atoms with Crippen LogP contribution in [0.3, 0.4) is 0 Å². The van der Waals surface area contributed by atoms with Crippen molar-refractivity contribution in [3.63, 3.8) is 0 Å². The van der Waals surface area contributed by atoms with Gasteiger partial charge in [-0.2, -0.15) is 0 Å². The van der Waals surface area contributed by atoms with Crippen LogP contribution in [0.25, 0.3) is 0 Å². The second kappa shape index (κ2) is 8.18. The second-order valence-corrected chi connectivity index (χ2v) is 6.87. The van der Waals surface area contributed by atoms with E-state index in [9.17, 15) is 4.79 Å². The maximum Gasteiger partial charge on any atom is 0.244 e. The summed E-state index contributed by atoms with van der Waals surface area (Å²) in [6.07, 6.45) is 8.32. The summed E-state index contributed by atoms with van der Waals surface area (Å²) in [5.41, 5.74) is 8.57. The molecule has 1 aliphatic heterocycles. The molecule has 1 aromatic rings. The number of nitrogens with two attached hydrogens (primary N) is 1. The van der Waals surface area contributed by atoms with E-state index in [1.807, 2.05) is 11.0 Å².